The van der Waals surface area contributed by atoms with E-state index in [-0.39, 0.29) is 25.7 Å². The van der Waals surface area contributed by atoms with Crippen molar-refractivity contribution in [1.29, 1.82) is 0 Å². The first-order valence-corrected chi connectivity index (χ1v) is 44.9. The van der Waals surface area contributed by atoms with E-state index in [1.807, 2.05) is 0 Å². The number of carbonyl (C=O) groups excluding carboxylic acids is 4. The maximum Gasteiger partial charge on any atom is 0.472 e. The predicted molar refractivity (Wildman–Crippen MR) is 409 cm³/mol. The molecule has 0 fully saturated rings. The second-order valence-corrected chi connectivity index (χ2v) is 33.0. The zero-order chi connectivity index (χ0) is 73.7. The number of unbranched alkanes of at least 4 members (excludes halogenated alkanes) is 45. The van der Waals surface area contributed by atoms with Gasteiger partial charge in [0.25, 0.3) is 0 Å². The Morgan fingerprint density at radius 3 is 0.760 bits per heavy atom. The van der Waals surface area contributed by atoms with Gasteiger partial charge in [-0.3, -0.25) is 37.3 Å². The molecule has 0 aromatic carbocycles. The lowest BCUT2D eigenvalue weighted by atomic mass is 9.99. The van der Waals surface area contributed by atoms with Crippen LogP contribution >= 0.6 is 15.6 Å². The fourth-order valence-electron chi connectivity index (χ4n) is 12.4. The average Bonchev–Trinajstić information content (AvgIpc) is 1.06. The molecule has 0 aromatic heterocycles. The van der Waals surface area contributed by atoms with E-state index in [1.165, 1.54) is 231 Å². The second-order valence-electron chi connectivity index (χ2n) is 30.1. The van der Waals surface area contributed by atoms with E-state index >= 15 is 0 Å². The Labute approximate surface area is 613 Å². The van der Waals surface area contributed by atoms with Crippen molar-refractivity contribution in [2.75, 3.05) is 39.6 Å². The van der Waals surface area contributed by atoms with E-state index in [0.717, 1.165) is 108 Å². The van der Waals surface area contributed by atoms with Crippen LogP contribution in [0, 0.1) is 17.8 Å². The van der Waals surface area contributed by atoms with Gasteiger partial charge in [0.1, 0.15) is 19.3 Å². The summed E-state index contributed by atoms with van der Waals surface area (Å²) in [6.45, 7) is 12.0. The largest absolute Gasteiger partial charge is 0.472 e. The molecule has 594 valence electrons. The number of phosphoric acid groups is 2. The SMILES string of the molecule is CCCCCCCCCCCCCCC(=O)OC[C@H](COP(=O)(O)OC[C@H](O)COP(=O)(O)OC[C@@H](COC(=O)CCCCCCCCCCCCCC(C)C)OC(=O)CCCCCCCCCCCCCCCCCCCCC(C)CC)OC(=O)CCCCCCCCCCC(C)CC. The topological polar surface area (TPSA) is 237 Å². The number of esters is 4. The fraction of sp³-hybridized carbons (Fsp3) is 0.951. The van der Waals surface area contributed by atoms with Gasteiger partial charge in [-0.1, -0.05) is 370 Å². The second kappa shape index (κ2) is 71.3. The molecule has 0 aliphatic carbocycles. The number of rotatable bonds is 79. The molecule has 0 spiro atoms. The van der Waals surface area contributed by atoms with Crippen molar-refractivity contribution in [3.63, 3.8) is 0 Å². The molecule has 0 aliphatic rings. The number of hydrogen-bond donors (Lipinski definition) is 3. The van der Waals surface area contributed by atoms with Gasteiger partial charge in [0, 0.05) is 25.7 Å². The van der Waals surface area contributed by atoms with Crippen LogP contribution in [-0.2, 0) is 65.4 Å². The lowest BCUT2D eigenvalue weighted by Gasteiger charge is -2.21. The van der Waals surface area contributed by atoms with Crippen molar-refractivity contribution in [3.8, 4) is 0 Å². The number of ether oxygens (including phenoxy) is 4. The molecule has 0 amide bonds. The third-order valence-corrected chi connectivity index (χ3v) is 21.5. The van der Waals surface area contributed by atoms with Crippen LogP contribution in [0.1, 0.15) is 421 Å². The summed E-state index contributed by atoms with van der Waals surface area (Å²) >= 11 is 0. The summed E-state index contributed by atoms with van der Waals surface area (Å²) in [5, 5.41) is 10.6. The molecule has 19 heteroatoms. The van der Waals surface area contributed by atoms with Gasteiger partial charge in [-0.25, -0.2) is 9.13 Å². The zero-order valence-electron chi connectivity index (χ0n) is 65.7. The predicted octanol–water partition coefficient (Wildman–Crippen LogP) is 24.1. The summed E-state index contributed by atoms with van der Waals surface area (Å²) in [5.41, 5.74) is 0. The van der Waals surface area contributed by atoms with E-state index in [0.29, 0.717) is 25.7 Å². The lowest BCUT2D eigenvalue weighted by molar-refractivity contribution is -0.161. The molecule has 0 saturated carbocycles. The first kappa shape index (κ1) is 98.1. The molecule has 7 atom stereocenters. The van der Waals surface area contributed by atoms with Crippen molar-refractivity contribution in [2.24, 2.45) is 17.8 Å². The standard InChI is InChI=1S/C81H158O17P2/c1-8-11-12-13-14-15-16-28-33-41-48-55-62-78(83)92-69-77(98-81(86)65-58-51-44-37-36-40-47-54-61-74(7)10-3)71-96-100(89,90)94-67-75(82)66-93-99(87,88)95-70-76(68-91-79(84)63-56-49-42-34-30-25-26-31-38-45-52-59-72(4)5)97-80(85)64-57-50-43-35-29-24-22-20-18-17-19-21-23-27-32-39-46-53-60-73(6)9-2/h72-77,82H,8-71H2,1-7H3,(H,87,88)(H,89,90)/t73?,74?,75-,76-,77-/m1/s1. The summed E-state index contributed by atoms with van der Waals surface area (Å²) in [4.78, 5) is 73.0. The molecular weight excluding hydrogens is 1310 g/mol. The number of carbonyl (C=O) groups is 4. The number of aliphatic hydroxyl groups excluding tert-OH is 1. The van der Waals surface area contributed by atoms with Crippen LogP contribution in [0.3, 0.4) is 0 Å². The molecule has 4 unspecified atom stereocenters. The average molecular weight is 1470 g/mol. The minimum atomic E-state index is -4.96. The quantitative estimate of drug-likeness (QED) is 0.0222. The highest BCUT2D eigenvalue weighted by atomic mass is 31.2. The highest BCUT2D eigenvalue weighted by molar-refractivity contribution is 7.47. The van der Waals surface area contributed by atoms with Crippen molar-refractivity contribution < 1.29 is 80.2 Å². The van der Waals surface area contributed by atoms with Gasteiger partial charge in [-0.05, 0) is 43.4 Å². The van der Waals surface area contributed by atoms with Crippen LogP contribution in [0.5, 0.6) is 0 Å². The Morgan fingerprint density at radius 2 is 0.510 bits per heavy atom. The van der Waals surface area contributed by atoms with E-state index < -0.39 is 97.5 Å². The maximum absolute atomic E-state index is 13.1. The Balaban J connectivity index is 5.22. The molecule has 0 saturated heterocycles. The first-order valence-electron chi connectivity index (χ1n) is 41.9. The molecule has 0 heterocycles. The maximum atomic E-state index is 13.1. The van der Waals surface area contributed by atoms with Crippen molar-refractivity contribution >= 4 is 39.5 Å². The minimum Gasteiger partial charge on any atom is -0.462 e. The highest BCUT2D eigenvalue weighted by Gasteiger charge is 2.30. The third-order valence-electron chi connectivity index (χ3n) is 19.6. The number of aliphatic hydroxyl groups is 1. The van der Waals surface area contributed by atoms with E-state index in [9.17, 15) is 43.2 Å². The Bertz CT molecular complexity index is 1940. The summed E-state index contributed by atoms with van der Waals surface area (Å²) in [7, 11) is -9.92. The monoisotopic (exact) mass is 1470 g/mol. The molecule has 0 radical (unpaired) electrons. The molecule has 3 N–H and O–H groups in total. The van der Waals surface area contributed by atoms with E-state index in [2.05, 4.69) is 48.5 Å². The van der Waals surface area contributed by atoms with Crippen LogP contribution < -0.4 is 0 Å². The van der Waals surface area contributed by atoms with Gasteiger partial charge in [-0.2, -0.15) is 0 Å². The van der Waals surface area contributed by atoms with E-state index in [1.54, 1.807) is 0 Å². The van der Waals surface area contributed by atoms with Crippen molar-refractivity contribution in [1.82, 2.24) is 0 Å². The lowest BCUT2D eigenvalue weighted by Crippen LogP contribution is -2.30. The molecule has 0 rings (SSSR count). The summed E-state index contributed by atoms with van der Waals surface area (Å²) in [6.07, 6.45) is 59.5. The van der Waals surface area contributed by atoms with Crippen LogP contribution in [0.15, 0.2) is 0 Å². The van der Waals surface area contributed by atoms with Crippen LogP contribution in [0.4, 0.5) is 0 Å². The summed E-state index contributed by atoms with van der Waals surface area (Å²) in [6, 6.07) is 0. The Kier molecular flexibility index (Phi) is 69.9. The number of hydrogen-bond acceptors (Lipinski definition) is 15. The third kappa shape index (κ3) is 71.7. The summed E-state index contributed by atoms with van der Waals surface area (Å²) in [5.74, 6) is 0.300. The Morgan fingerprint density at radius 1 is 0.290 bits per heavy atom. The zero-order valence-corrected chi connectivity index (χ0v) is 67.5. The highest BCUT2D eigenvalue weighted by Crippen LogP contribution is 2.45. The number of phosphoric ester groups is 2. The van der Waals surface area contributed by atoms with Crippen LogP contribution in [0.25, 0.3) is 0 Å². The molecule has 0 aliphatic heterocycles. The van der Waals surface area contributed by atoms with Crippen LogP contribution in [0.2, 0.25) is 0 Å². The Hall–Kier alpha value is -1.94. The first-order chi connectivity index (χ1) is 48.3. The van der Waals surface area contributed by atoms with Gasteiger partial charge in [0.05, 0.1) is 26.4 Å². The van der Waals surface area contributed by atoms with Crippen molar-refractivity contribution in [2.45, 2.75) is 439 Å². The van der Waals surface area contributed by atoms with Crippen LogP contribution in [-0.4, -0.2) is 96.7 Å². The molecule has 0 aromatic rings. The normalized spacial score (nSPS) is 14.5. The fourth-order valence-corrected chi connectivity index (χ4v) is 14.0. The van der Waals surface area contributed by atoms with Gasteiger partial charge in [0.2, 0.25) is 0 Å². The van der Waals surface area contributed by atoms with Gasteiger partial charge >= 0.3 is 39.5 Å². The van der Waals surface area contributed by atoms with E-state index in [4.69, 9.17) is 37.0 Å². The van der Waals surface area contributed by atoms with Gasteiger partial charge in [0.15, 0.2) is 12.2 Å². The molecular formula is C81H158O17P2. The van der Waals surface area contributed by atoms with Gasteiger partial charge in [-0.15, -0.1) is 0 Å². The molecule has 100 heavy (non-hydrogen) atoms. The summed E-state index contributed by atoms with van der Waals surface area (Å²) < 4.78 is 68.7. The van der Waals surface area contributed by atoms with Crippen molar-refractivity contribution in [3.05, 3.63) is 0 Å². The minimum absolute atomic E-state index is 0.105. The molecule has 17 nitrogen and oxygen atoms in total. The van der Waals surface area contributed by atoms with Gasteiger partial charge < -0.3 is 33.8 Å². The molecule has 0 bridgehead atoms. The smallest absolute Gasteiger partial charge is 0.462 e.